The highest BCUT2D eigenvalue weighted by Gasteiger charge is 2.31. The summed E-state index contributed by atoms with van der Waals surface area (Å²) in [6, 6.07) is 12.0. The third-order valence-electron chi connectivity index (χ3n) is 5.35. The van der Waals surface area contributed by atoms with Gasteiger partial charge in [0, 0.05) is 30.8 Å². The summed E-state index contributed by atoms with van der Waals surface area (Å²) in [6.45, 7) is 4.40. The van der Waals surface area contributed by atoms with Crippen LogP contribution in [0.4, 0.5) is 13.2 Å². The van der Waals surface area contributed by atoms with Crippen LogP contribution in [0.3, 0.4) is 0 Å². The van der Waals surface area contributed by atoms with Crippen LogP contribution < -0.4 is 5.32 Å². The highest BCUT2D eigenvalue weighted by molar-refractivity contribution is 5.94. The number of nitrogens with one attached hydrogen (secondary N) is 1. The lowest BCUT2D eigenvalue weighted by Crippen LogP contribution is -2.40. The Bertz CT molecular complexity index is 911. The number of amides is 1. The van der Waals surface area contributed by atoms with Crippen LogP contribution in [0, 0.1) is 5.92 Å². The molecule has 2 aromatic carbocycles. The fourth-order valence-corrected chi connectivity index (χ4v) is 3.78. The molecule has 0 bridgehead atoms. The summed E-state index contributed by atoms with van der Waals surface area (Å²) in [7, 11) is 0. The second-order valence-electron chi connectivity index (χ2n) is 7.79. The number of nitrogens with zero attached hydrogens (tertiary/aromatic N) is 1. The minimum atomic E-state index is -4.47. The number of Topliss-reactive ketones (excluding diaryl/α,β-unsaturated/α-hetero) is 1. The van der Waals surface area contributed by atoms with Crippen molar-refractivity contribution < 1.29 is 22.8 Å². The van der Waals surface area contributed by atoms with Gasteiger partial charge in [-0.3, -0.25) is 14.5 Å². The van der Waals surface area contributed by atoms with E-state index < -0.39 is 17.6 Å². The van der Waals surface area contributed by atoms with Gasteiger partial charge in [-0.05, 0) is 62.1 Å². The van der Waals surface area contributed by atoms with Gasteiger partial charge in [0.2, 0.25) is 0 Å². The van der Waals surface area contributed by atoms with E-state index in [0.29, 0.717) is 12.1 Å². The molecule has 3 rings (SSSR count). The molecular weight excluding hydrogens is 393 g/mol. The Morgan fingerprint density at radius 2 is 1.83 bits per heavy atom. The number of hydrogen-bond acceptors (Lipinski definition) is 3. The van der Waals surface area contributed by atoms with Crippen LogP contribution in [-0.4, -0.2) is 36.2 Å². The van der Waals surface area contributed by atoms with Crippen molar-refractivity contribution in [2.45, 2.75) is 32.5 Å². The molecule has 1 fully saturated rings. The second-order valence-corrected chi connectivity index (χ2v) is 7.79. The van der Waals surface area contributed by atoms with Gasteiger partial charge in [0.15, 0.2) is 5.78 Å². The van der Waals surface area contributed by atoms with Crippen LogP contribution in [0.25, 0.3) is 0 Å². The van der Waals surface area contributed by atoms with E-state index >= 15 is 0 Å². The average molecular weight is 418 g/mol. The summed E-state index contributed by atoms with van der Waals surface area (Å²) in [5, 5.41) is 2.78. The Morgan fingerprint density at radius 3 is 2.57 bits per heavy atom. The van der Waals surface area contributed by atoms with E-state index in [1.54, 1.807) is 13.0 Å². The first-order valence-corrected chi connectivity index (χ1v) is 10.00. The van der Waals surface area contributed by atoms with Crippen molar-refractivity contribution in [1.82, 2.24) is 10.2 Å². The van der Waals surface area contributed by atoms with Crippen molar-refractivity contribution in [3.05, 3.63) is 70.8 Å². The molecule has 2 aromatic rings. The van der Waals surface area contributed by atoms with Gasteiger partial charge >= 0.3 is 6.18 Å². The molecule has 0 aromatic heterocycles. The SMILES string of the molecule is CC(=O)c1cccc(CN2CCCC(CNC(=O)c3cccc(C(F)(F)F)c3)C2)c1. The molecule has 0 aliphatic carbocycles. The third kappa shape index (κ3) is 5.92. The van der Waals surface area contributed by atoms with Crippen molar-refractivity contribution in [3.63, 3.8) is 0 Å². The molecule has 0 spiro atoms. The first kappa shape index (κ1) is 22.0. The van der Waals surface area contributed by atoms with Crippen molar-refractivity contribution in [1.29, 1.82) is 0 Å². The molecule has 1 aliphatic heterocycles. The highest BCUT2D eigenvalue weighted by Crippen LogP contribution is 2.29. The van der Waals surface area contributed by atoms with Crippen LogP contribution in [-0.2, 0) is 12.7 Å². The molecule has 7 heteroatoms. The normalized spacial score (nSPS) is 17.5. The minimum absolute atomic E-state index is 0.0125. The molecule has 1 amide bonds. The fourth-order valence-electron chi connectivity index (χ4n) is 3.78. The Kier molecular flexibility index (Phi) is 6.92. The summed E-state index contributed by atoms with van der Waals surface area (Å²) in [6.07, 6.45) is -2.54. The summed E-state index contributed by atoms with van der Waals surface area (Å²) in [5.41, 5.74) is 0.941. The molecule has 1 heterocycles. The number of carbonyl (C=O) groups is 2. The second kappa shape index (κ2) is 9.43. The molecule has 1 saturated heterocycles. The summed E-state index contributed by atoms with van der Waals surface area (Å²) >= 11 is 0. The molecule has 160 valence electrons. The van der Waals surface area contributed by atoms with E-state index in [1.165, 1.54) is 12.1 Å². The zero-order chi connectivity index (χ0) is 21.7. The third-order valence-corrected chi connectivity index (χ3v) is 5.35. The lowest BCUT2D eigenvalue weighted by atomic mass is 9.97. The topological polar surface area (TPSA) is 49.4 Å². The van der Waals surface area contributed by atoms with E-state index in [1.807, 2.05) is 18.2 Å². The number of halogens is 3. The van der Waals surface area contributed by atoms with Crippen LogP contribution >= 0.6 is 0 Å². The molecule has 0 saturated carbocycles. The number of benzene rings is 2. The van der Waals surface area contributed by atoms with E-state index in [0.717, 1.165) is 50.2 Å². The predicted molar refractivity (Wildman–Crippen MR) is 108 cm³/mol. The molecule has 1 atom stereocenters. The Hall–Kier alpha value is -2.67. The monoisotopic (exact) mass is 418 g/mol. The van der Waals surface area contributed by atoms with Gasteiger partial charge in [-0.25, -0.2) is 0 Å². The number of piperidine rings is 1. The molecule has 1 aliphatic rings. The lowest BCUT2D eigenvalue weighted by molar-refractivity contribution is -0.137. The standard InChI is InChI=1S/C23H25F3N2O2/c1-16(29)19-7-2-5-17(11-19)14-28-10-4-6-18(15-28)13-27-22(30)20-8-3-9-21(12-20)23(24,25)26/h2-3,5,7-9,11-12,18H,4,6,10,13-15H2,1H3,(H,27,30). The Morgan fingerprint density at radius 1 is 1.10 bits per heavy atom. The Labute approximate surface area is 174 Å². The van der Waals surface area contributed by atoms with E-state index in [-0.39, 0.29) is 17.3 Å². The largest absolute Gasteiger partial charge is 0.416 e. The number of hydrogen-bond donors (Lipinski definition) is 1. The zero-order valence-electron chi connectivity index (χ0n) is 16.8. The molecular formula is C23H25F3N2O2. The van der Waals surface area contributed by atoms with Crippen LogP contribution in [0.2, 0.25) is 0 Å². The molecule has 30 heavy (non-hydrogen) atoms. The van der Waals surface area contributed by atoms with Crippen molar-refractivity contribution in [3.8, 4) is 0 Å². The van der Waals surface area contributed by atoms with Crippen LogP contribution in [0.1, 0.15) is 51.6 Å². The number of likely N-dealkylation sites (tertiary alicyclic amines) is 1. The first-order chi connectivity index (χ1) is 14.2. The number of rotatable bonds is 6. The highest BCUT2D eigenvalue weighted by atomic mass is 19.4. The van der Waals surface area contributed by atoms with Crippen molar-refractivity contribution >= 4 is 11.7 Å². The smallest absolute Gasteiger partial charge is 0.352 e. The van der Waals surface area contributed by atoms with E-state index in [9.17, 15) is 22.8 Å². The summed E-state index contributed by atoms with van der Waals surface area (Å²) < 4.78 is 38.5. The van der Waals surface area contributed by atoms with Gasteiger partial charge in [0.1, 0.15) is 0 Å². The van der Waals surface area contributed by atoms with Gasteiger partial charge in [-0.1, -0.05) is 24.3 Å². The van der Waals surface area contributed by atoms with Gasteiger partial charge < -0.3 is 5.32 Å². The van der Waals surface area contributed by atoms with E-state index in [4.69, 9.17) is 0 Å². The molecule has 0 radical (unpaired) electrons. The number of alkyl halides is 3. The average Bonchev–Trinajstić information content (AvgIpc) is 2.72. The van der Waals surface area contributed by atoms with Gasteiger partial charge in [0.25, 0.3) is 5.91 Å². The number of carbonyl (C=O) groups excluding carboxylic acids is 2. The first-order valence-electron chi connectivity index (χ1n) is 10.00. The van der Waals surface area contributed by atoms with E-state index in [2.05, 4.69) is 10.2 Å². The van der Waals surface area contributed by atoms with Crippen LogP contribution in [0.5, 0.6) is 0 Å². The predicted octanol–water partition coefficient (Wildman–Crippen LogP) is 4.55. The number of ketones is 1. The maximum absolute atomic E-state index is 12.8. The van der Waals surface area contributed by atoms with Crippen molar-refractivity contribution in [2.75, 3.05) is 19.6 Å². The molecule has 1 unspecified atom stereocenters. The summed E-state index contributed by atoms with van der Waals surface area (Å²) in [5.74, 6) is -0.234. The van der Waals surface area contributed by atoms with Gasteiger partial charge in [0.05, 0.1) is 5.56 Å². The van der Waals surface area contributed by atoms with Crippen LogP contribution in [0.15, 0.2) is 48.5 Å². The maximum atomic E-state index is 12.8. The zero-order valence-corrected chi connectivity index (χ0v) is 16.8. The molecule has 4 nitrogen and oxygen atoms in total. The molecule has 1 N–H and O–H groups in total. The van der Waals surface area contributed by atoms with Gasteiger partial charge in [-0.15, -0.1) is 0 Å². The Balaban J connectivity index is 1.54. The maximum Gasteiger partial charge on any atom is 0.416 e. The fraction of sp³-hybridized carbons (Fsp3) is 0.391. The van der Waals surface area contributed by atoms with Gasteiger partial charge in [-0.2, -0.15) is 13.2 Å². The quantitative estimate of drug-likeness (QED) is 0.701. The minimum Gasteiger partial charge on any atom is -0.352 e. The van der Waals surface area contributed by atoms with Crippen molar-refractivity contribution in [2.24, 2.45) is 5.92 Å². The lowest BCUT2D eigenvalue weighted by Gasteiger charge is -2.33. The summed E-state index contributed by atoms with van der Waals surface area (Å²) in [4.78, 5) is 26.2.